The monoisotopic (exact) mass is 557 g/mol. The summed E-state index contributed by atoms with van der Waals surface area (Å²) in [4.78, 5) is 55.7. The molecule has 8 nitrogen and oxygen atoms in total. The molecule has 37 heavy (non-hydrogen) atoms. The average molecular weight is 558 g/mol. The molecule has 0 aliphatic carbocycles. The summed E-state index contributed by atoms with van der Waals surface area (Å²) < 4.78 is 0.817. The number of nitrogens with zero attached hydrogens (tertiary/aromatic N) is 3. The van der Waals surface area contributed by atoms with E-state index >= 15 is 0 Å². The smallest absolute Gasteiger partial charge is 0.271 e. The topological polar surface area (TPSA) is 101 Å². The summed E-state index contributed by atoms with van der Waals surface area (Å²) in [5, 5.41) is 11.4. The lowest BCUT2D eigenvalue weighted by Gasteiger charge is -2.36. The number of hydrogen-bond donors (Lipinski definition) is 0. The van der Waals surface area contributed by atoms with Crippen LogP contribution in [0.1, 0.15) is 21.5 Å². The first kappa shape index (κ1) is 23.3. The second-order valence-electron chi connectivity index (χ2n) is 9.42. The second-order valence-corrected chi connectivity index (χ2v) is 10.3. The van der Waals surface area contributed by atoms with Gasteiger partial charge in [-0.25, -0.2) is 4.90 Å². The molecule has 0 saturated carbocycles. The summed E-state index contributed by atoms with van der Waals surface area (Å²) in [5.41, 5.74) is 2.65. The molecule has 0 N–H and O–H groups in total. The van der Waals surface area contributed by atoms with Gasteiger partial charge in [0, 0.05) is 27.9 Å². The van der Waals surface area contributed by atoms with Gasteiger partial charge in [0.15, 0.2) is 5.78 Å². The molecule has 3 aliphatic rings. The van der Waals surface area contributed by atoms with Crippen molar-refractivity contribution in [2.45, 2.75) is 19.0 Å². The highest BCUT2D eigenvalue weighted by Gasteiger charge is 2.64. The van der Waals surface area contributed by atoms with Gasteiger partial charge in [0.05, 0.1) is 28.5 Å². The number of Topliss-reactive ketones (excluding diaryl/α,β-unsaturated/α-hetero) is 1. The predicted molar refractivity (Wildman–Crippen MR) is 141 cm³/mol. The Morgan fingerprint density at radius 3 is 2.38 bits per heavy atom. The van der Waals surface area contributed by atoms with Crippen LogP contribution in [0.3, 0.4) is 0 Å². The van der Waals surface area contributed by atoms with Gasteiger partial charge >= 0.3 is 0 Å². The fraction of sp³-hybridized carbons (Fsp3) is 0.179. The summed E-state index contributed by atoms with van der Waals surface area (Å²) in [6.07, 6.45) is 3.79. The minimum Gasteiger partial charge on any atom is -0.352 e. The molecule has 9 heteroatoms. The molecule has 0 bridgehead atoms. The number of halogens is 1. The number of benzene rings is 3. The number of fused-ring (bicyclic) bond motifs is 5. The molecule has 184 valence electrons. The van der Waals surface area contributed by atoms with E-state index in [-0.39, 0.29) is 17.2 Å². The first-order chi connectivity index (χ1) is 17.8. The van der Waals surface area contributed by atoms with E-state index in [1.807, 2.05) is 41.3 Å². The summed E-state index contributed by atoms with van der Waals surface area (Å²) in [7, 11) is 0. The Morgan fingerprint density at radius 2 is 1.65 bits per heavy atom. The number of para-hydroxylation sites is 1. The van der Waals surface area contributed by atoms with E-state index in [0.717, 1.165) is 20.6 Å². The lowest BCUT2D eigenvalue weighted by Crippen LogP contribution is -2.49. The van der Waals surface area contributed by atoms with Gasteiger partial charge in [-0.05, 0) is 36.2 Å². The molecule has 3 heterocycles. The average Bonchev–Trinajstić information content (AvgIpc) is 3.37. The minimum absolute atomic E-state index is 0.181. The van der Waals surface area contributed by atoms with Crippen molar-refractivity contribution in [2.24, 2.45) is 11.8 Å². The van der Waals surface area contributed by atoms with E-state index in [1.165, 1.54) is 18.2 Å². The highest BCUT2D eigenvalue weighted by molar-refractivity contribution is 9.10. The molecule has 0 radical (unpaired) electrons. The SMILES string of the molecule is Cc1ccc([N+](=O)[O-])cc1N1C(=O)[C@@H]2[C@H](C1=O)[C@H](C(=O)c1ccc(Br)cc1)N1c3ccccc3C=C[C@H]21. The maximum absolute atomic E-state index is 14.0. The number of nitro benzene ring substituents is 1. The number of imide groups is 1. The van der Waals surface area contributed by atoms with Crippen LogP contribution < -0.4 is 9.80 Å². The minimum atomic E-state index is -0.942. The molecule has 3 aliphatic heterocycles. The molecule has 2 saturated heterocycles. The standard InChI is InChI=1S/C28H20BrN3O5/c1-15-6-12-19(32(36)37)14-22(15)31-27(34)23-21-13-9-16-4-2-3-5-20(16)30(21)25(24(23)28(31)35)26(33)17-7-10-18(29)11-8-17/h2-14,21,23-25H,1H3/t21-,23+,24+,25-/m1/s1. The van der Waals surface area contributed by atoms with Gasteiger partial charge in [0.2, 0.25) is 11.8 Å². The van der Waals surface area contributed by atoms with Crippen LogP contribution in [-0.2, 0) is 9.59 Å². The molecule has 2 amide bonds. The third kappa shape index (κ3) is 3.45. The van der Waals surface area contributed by atoms with E-state index in [9.17, 15) is 24.5 Å². The van der Waals surface area contributed by atoms with Crippen molar-refractivity contribution in [1.82, 2.24) is 0 Å². The molecule has 6 rings (SSSR count). The summed E-state index contributed by atoms with van der Waals surface area (Å²) in [6, 6.07) is 17.2. The van der Waals surface area contributed by atoms with Crippen LogP contribution in [0.4, 0.5) is 17.1 Å². The van der Waals surface area contributed by atoms with Crippen LogP contribution >= 0.6 is 15.9 Å². The molecular weight excluding hydrogens is 538 g/mol. The van der Waals surface area contributed by atoms with E-state index < -0.39 is 40.7 Å². The zero-order chi connectivity index (χ0) is 26.0. The fourth-order valence-corrected chi connectivity index (χ4v) is 6.05. The highest BCUT2D eigenvalue weighted by Crippen LogP contribution is 2.50. The van der Waals surface area contributed by atoms with Crippen molar-refractivity contribution < 1.29 is 19.3 Å². The Morgan fingerprint density at radius 1 is 0.946 bits per heavy atom. The lowest BCUT2D eigenvalue weighted by atomic mass is 9.86. The highest BCUT2D eigenvalue weighted by atomic mass is 79.9. The van der Waals surface area contributed by atoms with Gasteiger partial charge in [-0.15, -0.1) is 0 Å². The van der Waals surface area contributed by atoms with Crippen LogP contribution in [0, 0.1) is 28.9 Å². The van der Waals surface area contributed by atoms with E-state index in [2.05, 4.69) is 15.9 Å². The van der Waals surface area contributed by atoms with Crippen molar-refractivity contribution in [1.29, 1.82) is 0 Å². The Bertz CT molecular complexity index is 1530. The summed E-state index contributed by atoms with van der Waals surface area (Å²) >= 11 is 3.39. The number of anilines is 2. The van der Waals surface area contributed by atoms with Crippen LogP contribution in [0.25, 0.3) is 6.08 Å². The second kappa shape index (κ2) is 8.48. The molecule has 3 aromatic rings. The van der Waals surface area contributed by atoms with Crippen LogP contribution in [0.2, 0.25) is 0 Å². The maximum Gasteiger partial charge on any atom is 0.271 e. The molecule has 4 atom stereocenters. The van der Waals surface area contributed by atoms with Crippen molar-refractivity contribution in [2.75, 3.05) is 9.80 Å². The van der Waals surface area contributed by atoms with Gasteiger partial charge in [-0.2, -0.15) is 0 Å². The van der Waals surface area contributed by atoms with Crippen molar-refractivity contribution in [3.05, 3.63) is 104 Å². The Labute approximate surface area is 220 Å². The number of carbonyl (C=O) groups is 3. The first-order valence-corrected chi connectivity index (χ1v) is 12.6. The maximum atomic E-state index is 14.0. The van der Waals surface area contributed by atoms with Gasteiger partial charge in [-0.3, -0.25) is 24.5 Å². The first-order valence-electron chi connectivity index (χ1n) is 11.8. The number of aryl methyl sites for hydroxylation is 1. The normalized spacial score (nSPS) is 23.6. The zero-order valence-electron chi connectivity index (χ0n) is 19.6. The van der Waals surface area contributed by atoms with E-state index in [1.54, 1.807) is 31.2 Å². The predicted octanol–water partition coefficient (Wildman–Crippen LogP) is 4.94. The quantitative estimate of drug-likeness (QED) is 0.195. The van der Waals surface area contributed by atoms with Crippen LogP contribution in [0.5, 0.6) is 0 Å². The Balaban J connectivity index is 1.50. The number of rotatable bonds is 4. The number of carbonyl (C=O) groups excluding carboxylic acids is 3. The largest absolute Gasteiger partial charge is 0.352 e. The number of non-ortho nitro benzene ring substituents is 1. The Hall–Kier alpha value is -4.11. The fourth-order valence-electron chi connectivity index (χ4n) is 5.79. The molecule has 2 fully saturated rings. The van der Waals surface area contributed by atoms with E-state index in [4.69, 9.17) is 0 Å². The number of hydrogen-bond acceptors (Lipinski definition) is 6. The van der Waals surface area contributed by atoms with Gasteiger partial charge in [0.1, 0.15) is 6.04 Å². The summed E-state index contributed by atoms with van der Waals surface area (Å²) in [6.45, 7) is 1.70. The molecule has 3 aromatic carbocycles. The Kier molecular flexibility index (Phi) is 5.34. The molecular formula is C28H20BrN3O5. The number of amides is 2. The molecule has 0 unspecified atom stereocenters. The van der Waals surface area contributed by atoms with Crippen molar-refractivity contribution in [3.8, 4) is 0 Å². The lowest BCUT2D eigenvalue weighted by molar-refractivity contribution is -0.384. The van der Waals surface area contributed by atoms with Crippen molar-refractivity contribution in [3.63, 3.8) is 0 Å². The van der Waals surface area contributed by atoms with Gasteiger partial charge in [-0.1, -0.05) is 64.5 Å². The van der Waals surface area contributed by atoms with Crippen LogP contribution in [0.15, 0.2) is 77.3 Å². The van der Waals surface area contributed by atoms with Crippen molar-refractivity contribution >= 4 is 56.7 Å². The third-order valence-corrected chi connectivity index (χ3v) is 7.99. The summed E-state index contributed by atoms with van der Waals surface area (Å²) in [5.74, 6) is -2.98. The zero-order valence-corrected chi connectivity index (χ0v) is 21.2. The molecule has 0 spiro atoms. The number of ketones is 1. The third-order valence-electron chi connectivity index (χ3n) is 7.46. The van der Waals surface area contributed by atoms with Gasteiger partial charge < -0.3 is 4.90 Å². The molecule has 0 aromatic heterocycles. The number of nitro groups is 1. The van der Waals surface area contributed by atoms with Gasteiger partial charge in [0.25, 0.3) is 5.69 Å². The van der Waals surface area contributed by atoms with E-state index in [0.29, 0.717) is 11.1 Å². The van der Waals surface area contributed by atoms with Crippen LogP contribution in [-0.4, -0.2) is 34.6 Å².